The Bertz CT molecular complexity index is 2920. The molecule has 8 aromatic rings. The van der Waals surface area contributed by atoms with Gasteiger partial charge in [0.2, 0.25) is 0 Å². The van der Waals surface area contributed by atoms with Gasteiger partial charge in [-0.15, -0.1) is 56.9 Å². The smallest absolute Gasteiger partial charge is 0.872 e. The van der Waals surface area contributed by atoms with Gasteiger partial charge in [0, 0.05) is 34.5 Å². The molecule has 2 heterocycles. The van der Waals surface area contributed by atoms with E-state index in [2.05, 4.69) is 195 Å². The average molecular weight is 1060 g/mol. The monoisotopic (exact) mass is 1060 g/mol. The Balaban J connectivity index is 0.000000194. The predicted molar refractivity (Wildman–Crippen MR) is 306 cm³/mol. The summed E-state index contributed by atoms with van der Waals surface area (Å²) in [6.07, 6.45) is 5.11. The number of aryl methyl sites for hydroxylation is 2. The topological polar surface area (TPSA) is 64.6 Å². The van der Waals surface area contributed by atoms with Crippen LogP contribution >= 0.6 is 0 Å². The van der Waals surface area contributed by atoms with Crippen molar-refractivity contribution in [1.82, 2.24) is 0 Å². The number of ether oxygens (including phenoxy) is 2. The third-order valence-electron chi connectivity index (χ3n) is 14.7. The first kappa shape index (κ1) is 57.0. The van der Waals surface area contributed by atoms with Gasteiger partial charge in [-0.3, -0.25) is 0 Å². The van der Waals surface area contributed by atoms with E-state index >= 15 is 0 Å². The fraction of sp³-hybridized carbons (Fsp3) is 0.424. The third-order valence-corrected chi connectivity index (χ3v) is 18.5. The fourth-order valence-corrected chi connectivity index (χ4v) is 14.9. The SMILES string of the molecule is C1CCOC1.C1CCOC1.CC(C)(C)c1cc(-c2cc(C(C)(C)C)cc(C(C)(C)C)c2[O-])c([O-])c(C(C)(C)C)c1.Cc1[cH-]c2c(ccc3ccccc32)c1[Si](C)(C)c1c(C)[cH-]c2c1ccc1ccccc12.[Zr+4]. The van der Waals surface area contributed by atoms with E-state index in [0.717, 1.165) is 48.7 Å². The molecular formula is C66H82O4SiZr. The van der Waals surface area contributed by atoms with Gasteiger partial charge in [0.1, 0.15) is 0 Å². The standard InChI is InChI=1S/C30H26Si.C28H42O2.2C4H8O.Zr/c1-19-17-27-23-11-7-5-9-21(23)13-15-25(27)29(19)31(3,4)30-20(2)18-28-24-12-8-6-10-22(24)14-16-26(28)30;1-25(2,3)17-13-19(23(29)21(15-17)27(7,8)9)20-14-18(26(4,5)6)16-22(24(20)30)28(10,11)12;2*1-2-4-5-3-1;/h5-18H,1-4H3;13-16,29-30H,1-12H3;2*1-4H2;/q-2;;;;+4/p-2. The Morgan fingerprint density at radius 3 is 1.07 bits per heavy atom. The number of hydrogen-bond donors (Lipinski definition) is 0. The molecule has 6 heteroatoms. The van der Waals surface area contributed by atoms with Crippen LogP contribution in [0, 0.1) is 13.8 Å². The molecule has 0 N–H and O–H groups in total. The van der Waals surface area contributed by atoms with Crippen LogP contribution in [0.2, 0.25) is 13.1 Å². The molecule has 2 aliphatic rings. The minimum atomic E-state index is -1.94. The molecule has 72 heavy (non-hydrogen) atoms. The van der Waals surface area contributed by atoms with E-state index < -0.39 is 8.07 Å². The molecule has 0 amide bonds. The van der Waals surface area contributed by atoms with Gasteiger partial charge in [0.05, 0.1) is 0 Å². The molecule has 0 radical (unpaired) electrons. The zero-order chi connectivity index (χ0) is 51.8. The molecule has 2 aliphatic heterocycles. The summed E-state index contributed by atoms with van der Waals surface area (Å²) in [5, 5.41) is 41.6. The molecule has 10 rings (SSSR count). The Morgan fingerprint density at radius 1 is 0.444 bits per heavy atom. The fourth-order valence-electron chi connectivity index (χ4n) is 10.8. The van der Waals surface area contributed by atoms with Gasteiger partial charge < -0.3 is 19.7 Å². The molecule has 0 saturated carbocycles. The second kappa shape index (κ2) is 22.3. The second-order valence-electron chi connectivity index (χ2n) is 25.0. The maximum Gasteiger partial charge on any atom is 4.00 e. The maximum atomic E-state index is 13.6. The first-order valence-electron chi connectivity index (χ1n) is 26.3. The number of hydrogen-bond acceptors (Lipinski definition) is 4. The van der Waals surface area contributed by atoms with E-state index in [4.69, 9.17) is 9.47 Å². The first-order chi connectivity index (χ1) is 33.2. The summed E-state index contributed by atoms with van der Waals surface area (Å²) in [6.45, 7) is 38.9. The molecule has 4 nitrogen and oxygen atoms in total. The summed E-state index contributed by atoms with van der Waals surface area (Å²) in [6, 6.07) is 39.7. The van der Waals surface area contributed by atoms with Crippen LogP contribution in [0.4, 0.5) is 0 Å². The summed E-state index contributed by atoms with van der Waals surface area (Å²) < 4.78 is 9.89. The van der Waals surface area contributed by atoms with E-state index in [-0.39, 0.29) is 59.4 Å². The van der Waals surface area contributed by atoms with Crippen molar-refractivity contribution in [3.8, 4) is 22.6 Å². The van der Waals surface area contributed by atoms with E-state index in [9.17, 15) is 10.2 Å². The molecule has 0 aromatic heterocycles. The molecule has 2 saturated heterocycles. The summed E-state index contributed by atoms with van der Waals surface area (Å²) in [5.41, 5.74) is 6.80. The van der Waals surface area contributed by atoms with Gasteiger partial charge >= 0.3 is 26.2 Å². The van der Waals surface area contributed by atoms with Crippen molar-refractivity contribution >= 4 is 61.5 Å². The number of rotatable bonds is 3. The van der Waals surface area contributed by atoms with E-state index in [1.807, 2.05) is 24.3 Å². The van der Waals surface area contributed by atoms with E-state index in [1.54, 1.807) is 10.4 Å². The number of fused-ring (bicyclic) bond motifs is 6. The molecular weight excluding hydrogens is 976 g/mol. The number of benzene rings is 6. The average Bonchev–Trinajstić information content (AvgIpc) is 4.14. The van der Waals surface area contributed by atoms with Crippen molar-refractivity contribution in [2.75, 3.05) is 26.4 Å². The van der Waals surface area contributed by atoms with Gasteiger partial charge in [-0.1, -0.05) is 228 Å². The van der Waals surface area contributed by atoms with Crippen LogP contribution in [0.25, 0.3) is 54.2 Å². The molecule has 0 bridgehead atoms. The minimum Gasteiger partial charge on any atom is -0.872 e. The Morgan fingerprint density at radius 2 is 0.778 bits per heavy atom. The van der Waals surface area contributed by atoms with E-state index in [0.29, 0.717) is 11.1 Å². The van der Waals surface area contributed by atoms with Crippen LogP contribution in [-0.4, -0.2) is 34.5 Å². The van der Waals surface area contributed by atoms with Crippen LogP contribution in [0.15, 0.2) is 109 Å². The molecule has 0 unspecified atom stereocenters. The largest absolute Gasteiger partial charge is 4.00 e. The van der Waals surface area contributed by atoms with Gasteiger partial charge in [-0.05, 0) is 80.7 Å². The zero-order valence-electron chi connectivity index (χ0n) is 46.7. The minimum absolute atomic E-state index is 0. The Kier molecular flexibility index (Phi) is 17.6. The normalized spacial score (nSPS) is 14.4. The van der Waals surface area contributed by atoms with Gasteiger partial charge in [-0.25, -0.2) is 0 Å². The summed E-state index contributed by atoms with van der Waals surface area (Å²) >= 11 is 0. The molecule has 8 aromatic carbocycles. The van der Waals surface area contributed by atoms with Crippen molar-refractivity contribution in [2.45, 2.75) is 157 Å². The second-order valence-corrected chi connectivity index (χ2v) is 29.2. The summed E-state index contributed by atoms with van der Waals surface area (Å²) in [4.78, 5) is 0. The first-order valence-corrected chi connectivity index (χ1v) is 29.3. The Labute approximate surface area is 453 Å². The van der Waals surface area contributed by atoms with E-state index in [1.165, 1.54) is 79.9 Å². The van der Waals surface area contributed by atoms with Crippen molar-refractivity contribution in [2.24, 2.45) is 0 Å². The van der Waals surface area contributed by atoms with Crippen molar-refractivity contribution in [1.29, 1.82) is 0 Å². The molecule has 0 spiro atoms. The van der Waals surface area contributed by atoms with Crippen LogP contribution in [0.5, 0.6) is 11.5 Å². The van der Waals surface area contributed by atoms with Crippen molar-refractivity contribution in [3.05, 3.63) is 143 Å². The van der Waals surface area contributed by atoms with Crippen LogP contribution in [0.1, 0.15) is 142 Å². The van der Waals surface area contributed by atoms with Gasteiger partial charge in [0.25, 0.3) is 0 Å². The Hall–Kier alpha value is -4.32. The van der Waals surface area contributed by atoms with Crippen molar-refractivity contribution < 1.29 is 45.9 Å². The molecule has 2 fully saturated rings. The zero-order valence-corrected chi connectivity index (χ0v) is 50.1. The van der Waals surface area contributed by atoms with Crippen LogP contribution in [-0.2, 0) is 57.3 Å². The summed E-state index contributed by atoms with van der Waals surface area (Å²) in [5.74, 6) is -0.0583. The van der Waals surface area contributed by atoms with Crippen molar-refractivity contribution in [3.63, 3.8) is 0 Å². The predicted octanol–water partition coefficient (Wildman–Crippen LogP) is 15.5. The third kappa shape index (κ3) is 12.3. The van der Waals surface area contributed by atoms with Crippen LogP contribution in [0.3, 0.4) is 0 Å². The van der Waals surface area contributed by atoms with Crippen LogP contribution < -0.4 is 20.6 Å². The van der Waals surface area contributed by atoms with Gasteiger partial charge in [-0.2, -0.15) is 10.4 Å². The quantitative estimate of drug-likeness (QED) is 0.131. The van der Waals surface area contributed by atoms with Gasteiger partial charge in [0.15, 0.2) is 0 Å². The summed E-state index contributed by atoms with van der Waals surface area (Å²) in [7, 11) is -1.94. The molecule has 0 atom stereocenters. The molecule has 0 aliphatic carbocycles. The maximum absolute atomic E-state index is 13.6. The molecule has 378 valence electrons.